The number of anilines is 1. The van der Waals surface area contributed by atoms with Gasteiger partial charge in [0.2, 0.25) is 0 Å². The van der Waals surface area contributed by atoms with Gasteiger partial charge in [0.15, 0.2) is 11.5 Å². The van der Waals surface area contributed by atoms with Crippen molar-refractivity contribution >= 4 is 34.2 Å². The maximum absolute atomic E-state index is 12.4. The van der Waals surface area contributed by atoms with Crippen LogP contribution in [0.15, 0.2) is 51.8 Å². The van der Waals surface area contributed by atoms with E-state index in [4.69, 9.17) is 16.1 Å². The summed E-state index contributed by atoms with van der Waals surface area (Å²) in [5.41, 5.74) is 3.14. The molecule has 2 aromatic carbocycles. The second-order valence-corrected chi connectivity index (χ2v) is 6.23. The number of aromatic nitrogens is 3. The first kappa shape index (κ1) is 16.2. The van der Waals surface area contributed by atoms with E-state index in [1.54, 1.807) is 30.3 Å². The Morgan fingerprint density at radius 1 is 1.19 bits per heavy atom. The third kappa shape index (κ3) is 2.89. The van der Waals surface area contributed by atoms with Gasteiger partial charge in [0.25, 0.3) is 5.91 Å². The number of nitrogens with one attached hydrogen (secondary N) is 3. The number of carbonyl (C=O) groups excluding carboxylic acids is 1. The molecule has 2 aromatic heterocycles. The molecule has 0 unspecified atom stereocenters. The van der Waals surface area contributed by atoms with Gasteiger partial charge in [-0.25, -0.2) is 4.79 Å². The van der Waals surface area contributed by atoms with Gasteiger partial charge in [-0.2, -0.15) is 0 Å². The molecule has 0 aliphatic rings. The van der Waals surface area contributed by atoms with Crippen molar-refractivity contribution < 1.29 is 9.32 Å². The fourth-order valence-electron chi connectivity index (χ4n) is 2.69. The molecular weight excluding hydrogens is 356 g/mol. The van der Waals surface area contributed by atoms with Crippen molar-refractivity contribution in [2.45, 2.75) is 6.92 Å². The molecule has 7 nitrogen and oxygen atoms in total. The van der Waals surface area contributed by atoms with Gasteiger partial charge in [0.05, 0.1) is 11.0 Å². The van der Waals surface area contributed by atoms with Crippen molar-refractivity contribution in [3.8, 4) is 11.3 Å². The molecule has 130 valence electrons. The second-order valence-electron chi connectivity index (χ2n) is 5.80. The average Bonchev–Trinajstić information content (AvgIpc) is 3.23. The summed E-state index contributed by atoms with van der Waals surface area (Å²) < 4.78 is 5.31. The van der Waals surface area contributed by atoms with Crippen molar-refractivity contribution in [3.05, 3.63) is 69.2 Å². The van der Waals surface area contributed by atoms with Crippen LogP contribution < -0.4 is 11.0 Å². The van der Waals surface area contributed by atoms with Crippen LogP contribution in [-0.2, 0) is 0 Å². The normalized spacial score (nSPS) is 11.0. The van der Waals surface area contributed by atoms with E-state index in [-0.39, 0.29) is 11.4 Å². The Labute approximate surface area is 152 Å². The molecule has 0 spiro atoms. The maximum Gasteiger partial charge on any atom is 0.323 e. The Kier molecular flexibility index (Phi) is 3.85. The zero-order chi connectivity index (χ0) is 18.3. The molecule has 8 heteroatoms. The third-order valence-corrected chi connectivity index (χ3v) is 4.24. The second kappa shape index (κ2) is 6.20. The molecule has 4 rings (SSSR count). The number of halogens is 1. The molecule has 26 heavy (non-hydrogen) atoms. The number of imidazole rings is 1. The standard InChI is InChI=1S/C18H13ClN4O3/c1-9-5-6-10(19)7-13(9)20-17(24)14-8-15(26-23-14)11-3-2-4-12-16(11)22-18(25)21-12/h2-8H,1H3,(H,20,24)(H2,21,22,25). The number of amides is 1. The van der Waals surface area contributed by atoms with Crippen LogP contribution in [0.2, 0.25) is 5.02 Å². The molecule has 4 aromatic rings. The minimum Gasteiger partial charge on any atom is -0.355 e. The first-order valence-corrected chi connectivity index (χ1v) is 8.14. The molecule has 0 saturated carbocycles. The molecule has 1 amide bonds. The summed E-state index contributed by atoms with van der Waals surface area (Å²) >= 11 is 5.97. The lowest BCUT2D eigenvalue weighted by molar-refractivity contribution is 0.101. The lowest BCUT2D eigenvalue weighted by atomic mass is 10.1. The van der Waals surface area contributed by atoms with E-state index in [1.165, 1.54) is 6.07 Å². The highest BCUT2D eigenvalue weighted by Crippen LogP contribution is 2.27. The smallest absolute Gasteiger partial charge is 0.323 e. The predicted molar refractivity (Wildman–Crippen MR) is 98.6 cm³/mol. The van der Waals surface area contributed by atoms with Gasteiger partial charge >= 0.3 is 5.69 Å². The number of hydrogen-bond acceptors (Lipinski definition) is 4. The van der Waals surface area contributed by atoms with Crippen molar-refractivity contribution in [1.82, 2.24) is 15.1 Å². The minimum atomic E-state index is -0.417. The highest BCUT2D eigenvalue weighted by atomic mass is 35.5. The molecule has 0 fully saturated rings. The summed E-state index contributed by atoms with van der Waals surface area (Å²) in [6.45, 7) is 1.86. The number of H-pyrrole nitrogens is 2. The van der Waals surface area contributed by atoms with E-state index in [0.29, 0.717) is 33.1 Å². The number of nitrogens with zero attached hydrogens (tertiary/aromatic N) is 1. The van der Waals surface area contributed by atoms with Gasteiger partial charge in [-0.3, -0.25) is 4.79 Å². The lowest BCUT2D eigenvalue weighted by Gasteiger charge is -2.06. The van der Waals surface area contributed by atoms with Gasteiger partial charge in [-0.1, -0.05) is 28.9 Å². The SMILES string of the molecule is Cc1ccc(Cl)cc1NC(=O)c1cc(-c2cccc3[nH]c(=O)[nH]c23)on1. The maximum atomic E-state index is 12.4. The van der Waals surface area contributed by atoms with Crippen LogP contribution in [-0.4, -0.2) is 21.0 Å². The summed E-state index contributed by atoms with van der Waals surface area (Å²) in [5.74, 6) is -0.0427. The number of aryl methyl sites for hydroxylation is 1. The van der Waals surface area contributed by atoms with Gasteiger partial charge in [0, 0.05) is 22.3 Å². The van der Waals surface area contributed by atoms with Crippen molar-refractivity contribution in [1.29, 1.82) is 0 Å². The largest absolute Gasteiger partial charge is 0.355 e. The predicted octanol–water partition coefficient (Wildman–Crippen LogP) is 3.73. The number of para-hydroxylation sites is 1. The summed E-state index contributed by atoms with van der Waals surface area (Å²) in [6.07, 6.45) is 0. The van der Waals surface area contributed by atoms with Gasteiger partial charge in [-0.05, 0) is 36.8 Å². The van der Waals surface area contributed by atoms with Crippen molar-refractivity contribution in [2.24, 2.45) is 0 Å². The molecule has 3 N–H and O–H groups in total. The Morgan fingerprint density at radius 3 is 2.88 bits per heavy atom. The molecule has 0 atom stereocenters. The molecule has 0 radical (unpaired) electrons. The number of carbonyl (C=O) groups is 1. The Balaban J connectivity index is 1.66. The van der Waals surface area contributed by atoms with E-state index in [9.17, 15) is 9.59 Å². The lowest BCUT2D eigenvalue weighted by Crippen LogP contribution is -2.13. The molecule has 0 saturated heterocycles. The van der Waals surface area contributed by atoms with Gasteiger partial charge in [-0.15, -0.1) is 0 Å². The van der Waals surface area contributed by atoms with Crippen LogP contribution in [0, 0.1) is 6.92 Å². The third-order valence-electron chi connectivity index (χ3n) is 4.01. The van der Waals surface area contributed by atoms with Crippen molar-refractivity contribution in [3.63, 3.8) is 0 Å². The fraction of sp³-hybridized carbons (Fsp3) is 0.0556. The number of rotatable bonds is 3. The fourth-order valence-corrected chi connectivity index (χ4v) is 2.86. The average molecular weight is 369 g/mol. The summed E-state index contributed by atoms with van der Waals surface area (Å²) in [7, 11) is 0. The number of fused-ring (bicyclic) bond motifs is 1. The van der Waals surface area contributed by atoms with Crippen LogP contribution in [0.25, 0.3) is 22.4 Å². The van der Waals surface area contributed by atoms with Crippen LogP contribution >= 0.6 is 11.6 Å². The molecule has 2 heterocycles. The zero-order valence-corrected chi connectivity index (χ0v) is 14.3. The highest BCUT2D eigenvalue weighted by molar-refractivity contribution is 6.31. The van der Waals surface area contributed by atoms with E-state index in [1.807, 2.05) is 13.0 Å². The van der Waals surface area contributed by atoms with Crippen LogP contribution in [0.5, 0.6) is 0 Å². The molecule has 0 aliphatic heterocycles. The van der Waals surface area contributed by atoms with E-state index in [0.717, 1.165) is 5.56 Å². The molecular formula is C18H13ClN4O3. The summed E-state index contributed by atoms with van der Waals surface area (Å²) in [6, 6.07) is 12.1. The molecule has 0 bridgehead atoms. The van der Waals surface area contributed by atoms with Gasteiger partial charge < -0.3 is 19.8 Å². The van der Waals surface area contributed by atoms with E-state index in [2.05, 4.69) is 20.4 Å². The monoisotopic (exact) mass is 368 g/mol. The summed E-state index contributed by atoms with van der Waals surface area (Å²) in [5, 5.41) is 7.12. The quantitative estimate of drug-likeness (QED) is 0.512. The van der Waals surface area contributed by atoms with E-state index < -0.39 is 5.91 Å². The van der Waals surface area contributed by atoms with Crippen LogP contribution in [0.1, 0.15) is 16.1 Å². The zero-order valence-electron chi connectivity index (χ0n) is 13.6. The topological polar surface area (TPSA) is 104 Å². The Bertz CT molecular complexity index is 1190. The highest BCUT2D eigenvalue weighted by Gasteiger charge is 2.17. The van der Waals surface area contributed by atoms with E-state index >= 15 is 0 Å². The van der Waals surface area contributed by atoms with Crippen molar-refractivity contribution in [2.75, 3.05) is 5.32 Å². The summed E-state index contributed by atoms with van der Waals surface area (Å²) in [4.78, 5) is 29.3. The van der Waals surface area contributed by atoms with Crippen LogP contribution in [0.3, 0.4) is 0 Å². The minimum absolute atomic E-state index is 0.120. The number of aromatic amines is 2. The Hall–Kier alpha value is -3.32. The molecule has 0 aliphatic carbocycles. The number of hydrogen-bond donors (Lipinski definition) is 3. The first-order valence-electron chi connectivity index (χ1n) is 7.77. The van der Waals surface area contributed by atoms with Crippen LogP contribution in [0.4, 0.5) is 5.69 Å². The first-order chi connectivity index (χ1) is 12.5. The van der Waals surface area contributed by atoms with Gasteiger partial charge in [0.1, 0.15) is 0 Å². The number of benzene rings is 2. The Morgan fingerprint density at radius 2 is 2.04 bits per heavy atom.